The van der Waals surface area contributed by atoms with Crippen molar-refractivity contribution in [2.45, 2.75) is 52.2 Å². The van der Waals surface area contributed by atoms with Gasteiger partial charge in [-0.15, -0.1) is 11.3 Å². The predicted octanol–water partition coefficient (Wildman–Crippen LogP) is 3.04. The zero-order valence-corrected chi connectivity index (χ0v) is 12.8. The van der Waals surface area contributed by atoms with E-state index < -0.39 is 0 Å². The first-order chi connectivity index (χ1) is 7.72. The Kier molecular flexibility index (Phi) is 4.33. The van der Waals surface area contributed by atoms with Crippen molar-refractivity contribution < 1.29 is 4.74 Å². The summed E-state index contributed by atoms with van der Waals surface area (Å²) in [6.07, 6.45) is 0. The van der Waals surface area contributed by atoms with Gasteiger partial charge in [-0.2, -0.15) is 0 Å². The van der Waals surface area contributed by atoms with Crippen LogP contribution in [0.15, 0.2) is 0 Å². The van der Waals surface area contributed by atoms with E-state index in [1.54, 1.807) is 18.4 Å². The normalized spacial score (nSPS) is 13.1. The van der Waals surface area contributed by atoms with Crippen molar-refractivity contribution in [3.8, 4) is 0 Å². The van der Waals surface area contributed by atoms with Crippen LogP contribution in [0.4, 0.5) is 0 Å². The monoisotopic (exact) mass is 256 g/mol. The molecule has 1 heterocycles. The predicted molar refractivity (Wildman–Crippen MR) is 73.6 cm³/mol. The number of nitrogens with one attached hydrogen (secondary N) is 1. The molecule has 17 heavy (non-hydrogen) atoms. The second-order valence-corrected chi connectivity index (χ2v) is 6.87. The van der Waals surface area contributed by atoms with Crippen molar-refractivity contribution in [3.05, 3.63) is 15.6 Å². The number of aromatic nitrogens is 1. The Morgan fingerprint density at radius 3 is 2.24 bits per heavy atom. The van der Waals surface area contributed by atoms with Crippen molar-refractivity contribution in [1.82, 2.24) is 10.3 Å². The van der Waals surface area contributed by atoms with Crippen molar-refractivity contribution in [3.63, 3.8) is 0 Å². The minimum atomic E-state index is -0.309. The molecule has 0 aliphatic carbocycles. The third-order valence-electron chi connectivity index (χ3n) is 2.77. The molecule has 0 saturated carbocycles. The second-order valence-electron chi connectivity index (χ2n) is 5.79. The van der Waals surface area contributed by atoms with Crippen molar-refractivity contribution in [2.75, 3.05) is 14.2 Å². The Bertz CT molecular complexity index is 377. The van der Waals surface area contributed by atoms with Crippen molar-refractivity contribution in [1.29, 1.82) is 0 Å². The van der Waals surface area contributed by atoms with Crippen LogP contribution in [0.1, 0.15) is 50.2 Å². The standard InChI is InChI=1S/C13H24N2OS/c1-12(2,3)10-9(8-14-6)17-11(15-10)13(4,5)16-7/h14H,8H2,1-7H3. The van der Waals surface area contributed by atoms with Gasteiger partial charge in [0.25, 0.3) is 0 Å². The van der Waals surface area contributed by atoms with E-state index in [4.69, 9.17) is 9.72 Å². The highest BCUT2D eigenvalue weighted by atomic mass is 32.1. The van der Waals surface area contributed by atoms with Crippen LogP contribution in [-0.2, 0) is 22.3 Å². The lowest BCUT2D eigenvalue weighted by atomic mass is 9.91. The summed E-state index contributed by atoms with van der Waals surface area (Å²) >= 11 is 1.74. The lowest BCUT2D eigenvalue weighted by Crippen LogP contribution is -2.20. The zero-order chi connectivity index (χ0) is 13.3. The number of hydrogen-bond acceptors (Lipinski definition) is 4. The average molecular weight is 256 g/mol. The maximum absolute atomic E-state index is 5.51. The van der Waals surface area contributed by atoms with Crippen LogP contribution in [0.2, 0.25) is 0 Å². The van der Waals surface area contributed by atoms with Gasteiger partial charge in [-0.05, 0) is 20.9 Å². The highest BCUT2D eigenvalue weighted by Gasteiger charge is 2.29. The smallest absolute Gasteiger partial charge is 0.125 e. The Balaban J connectivity index is 3.22. The fraction of sp³-hybridized carbons (Fsp3) is 0.769. The van der Waals surface area contributed by atoms with E-state index in [0.717, 1.165) is 11.6 Å². The molecule has 0 unspecified atom stereocenters. The first kappa shape index (κ1) is 14.6. The van der Waals surface area contributed by atoms with Gasteiger partial charge in [0, 0.05) is 23.9 Å². The maximum atomic E-state index is 5.51. The summed E-state index contributed by atoms with van der Waals surface area (Å²) < 4.78 is 5.51. The molecule has 1 aromatic heterocycles. The Morgan fingerprint density at radius 1 is 1.24 bits per heavy atom. The van der Waals surface area contributed by atoms with Crippen LogP contribution in [0.25, 0.3) is 0 Å². The number of nitrogens with zero attached hydrogens (tertiary/aromatic N) is 1. The van der Waals surface area contributed by atoms with Crippen molar-refractivity contribution in [2.24, 2.45) is 0 Å². The van der Waals surface area contributed by atoms with E-state index in [-0.39, 0.29) is 11.0 Å². The minimum Gasteiger partial charge on any atom is -0.372 e. The molecule has 3 nitrogen and oxygen atoms in total. The molecular weight excluding hydrogens is 232 g/mol. The van der Waals surface area contributed by atoms with Crippen LogP contribution < -0.4 is 5.32 Å². The molecule has 0 amide bonds. The van der Waals surface area contributed by atoms with E-state index in [1.165, 1.54) is 10.6 Å². The molecule has 0 fully saturated rings. The van der Waals surface area contributed by atoms with Crippen LogP contribution in [0, 0.1) is 0 Å². The fourth-order valence-electron chi connectivity index (χ4n) is 1.56. The topological polar surface area (TPSA) is 34.1 Å². The number of methoxy groups -OCH3 is 1. The van der Waals surface area contributed by atoms with E-state index >= 15 is 0 Å². The number of hydrogen-bond donors (Lipinski definition) is 1. The molecule has 0 bridgehead atoms. The summed E-state index contributed by atoms with van der Waals surface area (Å²) in [4.78, 5) is 6.10. The lowest BCUT2D eigenvalue weighted by molar-refractivity contribution is 0.0188. The Morgan fingerprint density at radius 2 is 1.82 bits per heavy atom. The van der Waals surface area contributed by atoms with Gasteiger partial charge < -0.3 is 10.1 Å². The third kappa shape index (κ3) is 3.27. The van der Waals surface area contributed by atoms with E-state index in [1.807, 2.05) is 7.05 Å². The van der Waals surface area contributed by atoms with Gasteiger partial charge in [-0.1, -0.05) is 20.8 Å². The minimum absolute atomic E-state index is 0.0742. The molecule has 0 saturated heterocycles. The molecule has 1 aromatic rings. The van der Waals surface area contributed by atoms with Crippen LogP contribution in [0.3, 0.4) is 0 Å². The summed E-state index contributed by atoms with van der Waals surface area (Å²) in [5.74, 6) is 0. The van der Waals surface area contributed by atoms with Gasteiger partial charge in [0.2, 0.25) is 0 Å². The largest absolute Gasteiger partial charge is 0.372 e. The quantitative estimate of drug-likeness (QED) is 0.899. The molecule has 0 spiro atoms. The summed E-state index contributed by atoms with van der Waals surface area (Å²) in [6.45, 7) is 11.6. The molecule has 1 N–H and O–H groups in total. The zero-order valence-electron chi connectivity index (χ0n) is 12.0. The van der Waals surface area contributed by atoms with E-state index in [9.17, 15) is 0 Å². The van der Waals surface area contributed by atoms with Crippen LogP contribution in [-0.4, -0.2) is 19.1 Å². The SMILES string of the molecule is CNCc1sc(C(C)(C)OC)nc1C(C)(C)C. The Labute approximate surface area is 109 Å². The second kappa shape index (κ2) is 5.04. The molecule has 0 radical (unpaired) electrons. The Hall–Kier alpha value is -0.450. The van der Waals surface area contributed by atoms with Gasteiger partial charge in [0.1, 0.15) is 10.6 Å². The summed E-state index contributed by atoms with van der Waals surface area (Å²) in [6, 6.07) is 0. The summed E-state index contributed by atoms with van der Waals surface area (Å²) in [5, 5.41) is 4.26. The molecule has 0 aliphatic rings. The number of ether oxygens (including phenoxy) is 1. The molecule has 0 atom stereocenters. The van der Waals surface area contributed by atoms with Crippen molar-refractivity contribution >= 4 is 11.3 Å². The lowest BCUT2D eigenvalue weighted by Gasteiger charge is -2.20. The average Bonchev–Trinajstić information content (AvgIpc) is 2.62. The number of rotatable bonds is 4. The summed E-state index contributed by atoms with van der Waals surface area (Å²) in [5.41, 5.74) is 0.943. The first-order valence-electron chi connectivity index (χ1n) is 5.92. The maximum Gasteiger partial charge on any atom is 0.125 e. The highest BCUT2D eigenvalue weighted by molar-refractivity contribution is 7.11. The number of thiazole rings is 1. The highest BCUT2D eigenvalue weighted by Crippen LogP contribution is 2.35. The molecule has 4 heteroatoms. The van der Waals surface area contributed by atoms with Crippen LogP contribution >= 0.6 is 11.3 Å². The van der Waals surface area contributed by atoms with Gasteiger partial charge in [0.15, 0.2) is 0 Å². The molecule has 0 aliphatic heterocycles. The third-order valence-corrected chi connectivity index (χ3v) is 4.13. The van der Waals surface area contributed by atoms with Gasteiger partial charge in [0.05, 0.1) is 5.69 Å². The van der Waals surface area contributed by atoms with Gasteiger partial charge >= 0.3 is 0 Å². The van der Waals surface area contributed by atoms with E-state index in [0.29, 0.717) is 0 Å². The molecule has 1 rings (SSSR count). The van der Waals surface area contributed by atoms with Gasteiger partial charge in [-0.3, -0.25) is 0 Å². The first-order valence-corrected chi connectivity index (χ1v) is 6.74. The fourth-order valence-corrected chi connectivity index (χ4v) is 2.93. The van der Waals surface area contributed by atoms with Gasteiger partial charge in [-0.25, -0.2) is 4.98 Å². The van der Waals surface area contributed by atoms with E-state index in [2.05, 4.69) is 39.9 Å². The van der Waals surface area contributed by atoms with Crippen LogP contribution in [0.5, 0.6) is 0 Å². The molecular formula is C13H24N2OS. The molecule has 0 aromatic carbocycles. The molecule has 98 valence electrons. The summed E-state index contributed by atoms with van der Waals surface area (Å²) in [7, 11) is 3.70.